The molecule has 28 heavy (non-hydrogen) atoms. The molecule has 1 fully saturated rings. The Bertz CT molecular complexity index is 717. The van der Waals surface area contributed by atoms with Crippen LogP contribution in [-0.4, -0.2) is 42.5 Å². The van der Waals surface area contributed by atoms with E-state index in [0.717, 1.165) is 18.4 Å². The van der Waals surface area contributed by atoms with Crippen LogP contribution in [0.15, 0.2) is 48.1 Å². The van der Waals surface area contributed by atoms with E-state index in [9.17, 15) is 9.90 Å². The number of aryl methyl sites for hydroxylation is 1. The first kappa shape index (κ1) is 21.0. The van der Waals surface area contributed by atoms with Crippen molar-refractivity contribution in [2.24, 2.45) is 17.8 Å². The highest BCUT2D eigenvalue weighted by Crippen LogP contribution is 2.48. The lowest BCUT2D eigenvalue weighted by atomic mass is 9.88. The largest absolute Gasteiger partial charge is 0.392 e. The molecular weight excluding hydrogens is 346 g/mol. The summed E-state index contributed by atoms with van der Waals surface area (Å²) in [7, 11) is 4.26. The third-order valence-corrected chi connectivity index (χ3v) is 6.36. The van der Waals surface area contributed by atoms with Crippen LogP contribution in [0.1, 0.15) is 54.4 Å². The average Bonchev–Trinajstić information content (AvgIpc) is 3.16. The molecule has 3 heteroatoms. The summed E-state index contributed by atoms with van der Waals surface area (Å²) in [6.45, 7) is 3.18. The van der Waals surface area contributed by atoms with Gasteiger partial charge in [-0.3, -0.25) is 4.79 Å². The highest BCUT2D eigenvalue weighted by Gasteiger charge is 2.43. The number of aliphatic hydroxyl groups excluding tert-OH is 1. The molecule has 1 N–H and O–H groups in total. The summed E-state index contributed by atoms with van der Waals surface area (Å²) >= 11 is 0. The quantitative estimate of drug-likeness (QED) is 0.289. The second-order valence-corrected chi connectivity index (χ2v) is 8.94. The highest BCUT2D eigenvalue weighted by molar-refractivity contribution is 6.04. The molecule has 2 aliphatic carbocycles. The van der Waals surface area contributed by atoms with Gasteiger partial charge in [-0.25, -0.2) is 0 Å². The molecule has 0 aliphatic heterocycles. The predicted octanol–water partition coefficient (Wildman–Crippen LogP) is 4.80. The fourth-order valence-corrected chi connectivity index (χ4v) is 4.76. The molecule has 3 nitrogen and oxygen atoms in total. The number of rotatable bonds is 9. The Kier molecular flexibility index (Phi) is 7.25. The molecule has 3 rings (SSSR count). The molecule has 152 valence electrons. The van der Waals surface area contributed by atoms with E-state index in [2.05, 4.69) is 25.1 Å². The van der Waals surface area contributed by atoms with Crippen molar-refractivity contribution < 1.29 is 9.90 Å². The van der Waals surface area contributed by atoms with E-state index >= 15 is 0 Å². The molecule has 0 aromatic heterocycles. The van der Waals surface area contributed by atoms with E-state index in [-0.39, 0.29) is 17.8 Å². The molecular formula is C25H35NO2. The number of ketones is 1. The van der Waals surface area contributed by atoms with Gasteiger partial charge in [0.25, 0.3) is 0 Å². The second-order valence-electron chi connectivity index (χ2n) is 8.94. The molecule has 4 atom stereocenters. The maximum absolute atomic E-state index is 12.4. The zero-order chi connectivity index (χ0) is 20.1. The van der Waals surface area contributed by atoms with Gasteiger partial charge in [0.2, 0.25) is 0 Å². The topological polar surface area (TPSA) is 40.5 Å². The molecule has 0 bridgehead atoms. The Labute approximate surface area is 170 Å². The maximum Gasteiger partial charge on any atom is 0.185 e. The van der Waals surface area contributed by atoms with Gasteiger partial charge in [-0.2, -0.15) is 0 Å². The Morgan fingerprint density at radius 2 is 1.93 bits per heavy atom. The van der Waals surface area contributed by atoms with Crippen LogP contribution in [0.4, 0.5) is 0 Å². The van der Waals surface area contributed by atoms with Crippen molar-refractivity contribution >= 4 is 5.78 Å². The Hall–Kier alpha value is -1.71. The Morgan fingerprint density at radius 1 is 1.18 bits per heavy atom. The summed E-state index contributed by atoms with van der Waals surface area (Å²) in [4.78, 5) is 14.7. The van der Waals surface area contributed by atoms with Crippen LogP contribution in [-0.2, 0) is 0 Å². The van der Waals surface area contributed by atoms with Gasteiger partial charge in [0.1, 0.15) is 0 Å². The number of hydrogen-bond acceptors (Lipinski definition) is 3. The van der Waals surface area contributed by atoms with Crippen molar-refractivity contribution in [3.8, 4) is 0 Å². The van der Waals surface area contributed by atoms with Crippen LogP contribution >= 0.6 is 0 Å². The number of unbranched alkanes of at least 4 members (excludes halogenated alkanes) is 2. The lowest BCUT2D eigenvalue weighted by Gasteiger charge is -2.18. The van der Waals surface area contributed by atoms with Crippen LogP contribution in [0.5, 0.6) is 0 Å². The van der Waals surface area contributed by atoms with Crippen molar-refractivity contribution in [1.29, 1.82) is 0 Å². The monoisotopic (exact) mass is 381 g/mol. The number of carbonyl (C=O) groups excluding carboxylic acids is 1. The third-order valence-electron chi connectivity index (χ3n) is 6.36. The molecule has 1 aromatic rings. The van der Waals surface area contributed by atoms with Crippen molar-refractivity contribution in [1.82, 2.24) is 4.90 Å². The molecule has 1 aromatic carbocycles. The number of fused-ring (bicyclic) bond motifs is 1. The summed E-state index contributed by atoms with van der Waals surface area (Å²) in [5.41, 5.74) is 3.43. The van der Waals surface area contributed by atoms with E-state index in [1.54, 1.807) is 11.6 Å². The SMILES string of the molecule is Cc1ccc(C(=O)/C=C/[C@@H]2[C@H]3CC(CCCCCN(C)C)=C[C@H]3C[C@H]2O)cc1. The smallest absolute Gasteiger partial charge is 0.185 e. The zero-order valence-electron chi connectivity index (χ0n) is 17.6. The minimum absolute atomic E-state index is 0.0303. The standard InChI is InChI=1S/C25H35NO2/c1-18-8-10-20(11-9-18)24(27)13-12-22-23-16-19(15-21(23)17-25(22)28)7-5-4-6-14-26(2)3/h8-13,15,21-23,25,28H,4-7,14,16-17H2,1-3H3/b13-12+/t21-,22+,23-,25+/m0/s1. The predicted molar refractivity (Wildman–Crippen MR) is 115 cm³/mol. The fourth-order valence-electron chi connectivity index (χ4n) is 4.76. The molecule has 2 aliphatic rings. The summed E-state index contributed by atoms with van der Waals surface area (Å²) in [5.74, 6) is 1.08. The van der Waals surface area contributed by atoms with Crippen LogP contribution in [0, 0.1) is 24.7 Å². The number of carbonyl (C=O) groups is 1. The molecule has 0 amide bonds. The van der Waals surface area contributed by atoms with Gasteiger partial charge >= 0.3 is 0 Å². The molecule has 0 heterocycles. The number of hydrogen-bond donors (Lipinski definition) is 1. The minimum Gasteiger partial charge on any atom is -0.392 e. The van der Waals surface area contributed by atoms with Crippen LogP contribution < -0.4 is 0 Å². The van der Waals surface area contributed by atoms with E-state index in [4.69, 9.17) is 0 Å². The number of benzene rings is 1. The van der Waals surface area contributed by atoms with E-state index in [0.29, 0.717) is 17.4 Å². The average molecular weight is 382 g/mol. The van der Waals surface area contributed by atoms with E-state index < -0.39 is 0 Å². The summed E-state index contributed by atoms with van der Waals surface area (Å²) in [6, 6.07) is 7.68. The zero-order valence-corrected chi connectivity index (χ0v) is 17.6. The van der Waals surface area contributed by atoms with Crippen LogP contribution in [0.2, 0.25) is 0 Å². The summed E-state index contributed by atoms with van der Waals surface area (Å²) < 4.78 is 0. The van der Waals surface area contributed by atoms with Gasteiger partial charge in [-0.15, -0.1) is 0 Å². The molecule has 0 unspecified atom stereocenters. The van der Waals surface area contributed by atoms with Crippen LogP contribution in [0.25, 0.3) is 0 Å². The third kappa shape index (κ3) is 5.42. The molecule has 0 spiro atoms. The summed E-state index contributed by atoms with van der Waals surface area (Å²) in [6.07, 6.45) is 12.7. The number of nitrogens with zero attached hydrogens (tertiary/aromatic N) is 1. The Balaban J connectivity index is 1.51. The van der Waals surface area contributed by atoms with Gasteiger partial charge in [0.05, 0.1) is 6.10 Å². The first-order valence-corrected chi connectivity index (χ1v) is 10.8. The van der Waals surface area contributed by atoms with E-state index in [1.807, 2.05) is 37.3 Å². The van der Waals surface area contributed by atoms with Gasteiger partial charge < -0.3 is 10.0 Å². The van der Waals surface area contributed by atoms with Crippen LogP contribution in [0.3, 0.4) is 0 Å². The van der Waals surface area contributed by atoms with E-state index in [1.165, 1.54) is 32.2 Å². The number of aliphatic hydroxyl groups is 1. The van der Waals surface area contributed by atoms with Crippen molar-refractivity contribution in [3.05, 3.63) is 59.2 Å². The number of allylic oxidation sites excluding steroid dienone is 3. The molecule has 0 radical (unpaired) electrons. The normalized spacial score (nSPS) is 26.8. The van der Waals surface area contributed by atoms with Gasteiger partial charge in [-0.1, -0.05) is 54.0 Å². The maximum atomic E-state index is 12.4. The first-order chi connectivity index (χ1) is 13.4. The molecule has 0 saturated heterocycles. The summed E-state index contributed by atoms with van der Waals surface area (Å²) in [5, 5.41) is 10.5. The van der Waals surface area contributed by atoms with Gasteiger partial charge in [0, 0.05) is 11.5 Å². The lowest BCUT2D eigenvalue weighted by Crippen LogP contribution is -2.17. The van der Waals surface area contributed by atoms with Crippen molar-refractivity contribution in [2.45, 2.75) is 51.6 Å². The fraction of sp³-hybridized carbons (Fsp3) is 0.560. The lowest BCUT2D eigenvalue weighted by molar-refractivity contribution is 0.104. The highest BCUT2D eigenvalue weighted by atomic mass is 16.3. The van der Waals surface area contributed by atoms with Gasteiger partial charge in [-0.05, 0) is 77.6 Å². The first-order valence-electron chi connectivity index (χ1n) is 10.8. The Morgan fingerprint density at radius 3 is 2.64 bits per heavy atom. The van der Waals surface area contributed by atoms with Gasteiger partial charge in [0.15, 0.2) is 5.78 Å². The minimum atomic E-state index is -0.324. The van der Waals surface area contributed by atoms with Crippen molar-refractivity contribution in [3.63, 3.8) is 0 Å². The second kappa shape index (κ2) is 9.67. The molecule has 1 saturated carbocycles. The van der Waals surface area contributed by atoms with Crippen molar-refractivity contribution in [2.75, 3.05) is 20.6 Å².